The maximum absolute atomic E-state index is 15.0. The number of allylic oxidation sites excluding steroid dienone is 1. The molecule has 2 atom stereocenters. The minimum Gasteiger partial charge on any atom is -0.415 e. The van der Waals surface area contributed by atoms with Crippen LogP contribution in [0.2, 0.25) is 0 Å². The minimum atomic E-state index is -4.94. The van der Waals surface area contributed by atoms with E-state index < -0.39 is 40.6 Å². The normalized spacial score (nSPS) is 20.2. The number of fused-ring (bicyclic) bond motifs is 7. The van der Waals surface area contributed by atoms with E-state index in [4.69, 9.17) is 14.1 Å². The molecule has 0 N–H and O–H groups in total. The third-order valence-electron chi connectivity index (χ3n) is 8.14. The van der Waals surface area contributed by atoms with Crippen LogP contribution in [0.15, 0.2) is 83.3 Å². The first-order valence-corrected chi connectivity index (χ1v) is 14.5. The van der Waals surface area contributed by atoms with Crippen LogP contribution >= 0.6 is 0 Å². The van der Waals surface area contributed by atoms with Gasteiger partial charge in [-0.3, -0.25) is 10.1 Å². The van der Waals surface area contributed by atoms with E-state index >= 15 is 0 Å². The number of hydrogen-bond donors (Lipinski definition) is 0. The number of pyridine rings is 1. The number of anilines is 1. The maximum Gasteiger partial charge on any atom is 0.426 e. The Bertz CT molecular complexity index is 1640. The van der Waals surface area contributed by atoms with Gasteiger partial charge in [0.15, 0.2) is 0 Å². The average molecular weight is 606 g/mol. The summed E-state index contributed by atoms with van der Waals surface area (Å²) in [6.07, 6.45) is 0.870. The van der Waals surface area contributed by atoms with E-state index in [2.05, 4.69) is 15.1 Å². The number of benzene rings is 2. The van der Waals surface area contributed by atoms with Crippen molar-refractivity contribution in [1.29, 1.82) is 0 Å². The molecule has 2 aromatic carbocycles. The summed E-state index contributed by atoms with van der Waals surface area (Å²) >= 11 is 0. The lowest BCUT2D eigenvalue weighted by atomic mass is 9.95. The van der Waals surface area contributed by atoms with Gasteiger partial charge in [0, 0.05) is 30.6 Å². The monoisotopic (exact) mass is 605 g/mol. The molecule has 0 aliphatic carbocycles. The molecule has 1 saturated heterocycles. The molecule has 4 heterocycles. The van der Waals surface area contributed by atoms with Gasteiger partial charge in [-0.2, -0.15) is 13.2 Å². The van der Waals surface area contributed by atoms with Crippen molar-refractivity contribution in [1.82, 2.24) is 15.2 Å². The number of hydrogen-bond acceptors (Lipinski definition) is 8. The zero-order valence-electron chi connectivity index (χ0n) is 23.7. The first-order chi connectivity index (χ1) is 21.2. The van der Waals surface area contributed by atoms with Gasteiger partial charge in [-0.25, -0.2) is 4.98 Å². The van der Waals surface area contributed by atoms with Crippen molar-refractivity contribution in [2.24, 2.45) is 0 Å². The summed E-state index contributed by atoms with van der Waals surface area (Å²) < 4.78 is 56.3. The van der Waals surface area contributed by atoms with E-state index in [1.165, 1.54) is 6.07 Å². The van der Waals surface area contributed by atoms with Crippen molar-refractivity contribution < 1.29 is 27.2 Å². The molecule has 2 aromatic heterocycles. The molecule has 2 aliphatic heterocycles. The average Bonchev–Trinajstić information content (AvgIpc) is 3.69. The fourth-order valence-electron chi connectivity index (χ4n) is 5.89. The SMILES string of the molecule is O=[N+]([O-])c1cc(Cc2ccccc2)c2nc1-c1nnc(o1)C(OCc1ccccc1)(C(F)(F)F)CCC=CC[C@@H]1CCCN21. The van der Waals surface area contributed by atoms with Gasteiger partial charge in [0.05, 0.1) is 11.5 Å². The highest BCUT2D eigenvalue weighted by Crippen LogP contribution is 2.47. The summed E-state index contributed by atoms with van der Waals surface area (Å²) in [5.41, 5.74) is -1.56. The van der Waals surface area contributed by atoms with E-state index in [0.717, 1.165) is 18.4 Å². The molecular formula is C32H30F3N5O4. The van der Waals surface area contributed by atoms with Crippen molar-refractivity contribution in [3.8, 4) is 11.6 Å². The fraction of sp³-hybridized carbons (Fsp3) is 0.344. The van der Waals surface area contributed by atoms with Crippen LogP contribution in [-0.4, -0.2) is 38.9 Å². The number of ether oxygens (including phenoxy) is 1. The largest absolute Gasteiger partial charge is 0.426 e. The molecule has 44 heavy (non-hydrogen) atoms. The highest BCUT2D eigenvalue weighted by molar-refractivity contribution is 5.68. The second kappa shape index (κ2) is 12.2. The molecule has 0 amide bonds. The number of halogens is 3. The lowest BCUT2D eigenvalue weighted by Gasteiger charge is -2.32. The Kier molecular flexibility index (Phi) is 8.17. The van der Waals surface area contributed by atoms with Crippen molar-refractivity contribution in [2.75, 3.05) is 11.4 Å². The smallest absolute Gasteiger partial charge is 0.415 e. The van der Waals surface area contributed by atoms with Gasteiger partial charge >= 0.3 is 11.9 Å². The van der Waals surface area contributed by atoms with Crippen molar-refractivity contribution in [3.63, 3.8) is 0 Å². The van der Waals surface area contributed by atoms with E-state index in [1.807, 2.05) is 36.4 Å². The molecular weight excluding hydrogens is 575 g/mol. The molecule has 6 rings (SSSR count). The highest BCUT2D eigenvalue weighted by Gasteiger charge is 2.61. The van der Waals surface area contributed by atoms with Gasteiger partial charge in [0.1, 0.15) is 5.82 Å². The molecule has 0 spiro atoms. The van der Waals surface area contributed by atoms with E-state index in [1.54, 1.807) is 36.4 Å². The molecule has 4 bridgehead atoms. The van der Waals surface area contributed by atoms with Crippen LogP contribution in [-0.2, 0) is 23.4 Å². The first-order valence-electron chi connectivity index (χ1n) is 14.5. The van der Waals surface area contributed by atoms with Crippen molar-refractivity contribution in [3.05, 3.63) is 112 Å². The molecule has 0 saturated carbocycles. The molecule has 2 aliphatic rings. The van der Waals surface area contributed by atoms with Crippen LogP contribution in [0, 0.1) is 10.1 Å². The summed E-state index contributed by atoms with van der Waals surface area (Å²) in [5.74, 6) is -0.782. The molecule has 1 fully saturated rings. The summed E-state index contributed by atoms with van der Waals surface area (Å²) in [5, 5.41) is 20.0. The Morgan fingerprint density at radius 1 is 1.05 bits per heavy atom. The third-order valence-corrected chi connectivity index (χ3v) is 8.14. The topological polar surface area (TPSA) is 107 Å². The highest BCUT2D eigenvalue weighted by atomic mass is 19.4. The Hall–Kier alpha value is -4.58. The first kappa shape index (κ1) is 29.5. The Morgan fingerprint density at radius 3 is 2.48 bits per heavy atom. The summed E-state index contributed by atoms with van der Waals surface area (Å²) in [4.78, 5) is 18.5. The Labute approximate surface area is 251 Å². The maximum atomic E-state index is 15.0. The van der Waals surface area contributed by atoms with Crippen LogP contribution in [0.4, 0.5) is 24.7 Å². The fourth-order valence-corrected chi connectivity index (χ4v) is 5.89. The van der Waals surface area contributed by atoms with Gasteiger partial charge in [-0.15, -0.1) is 10.2 Å². The van der Waals surface area contributed by atoms with Crippen molar-refractivity contribution in [2.45, 2.75) is 63.0 Å². The minimum absolute atomic E-state index is 0.0190. The van der Waals surface area contributed by atoms with Crippen LogP contribution in [0.1, 0.15) is 54.7 Å². The number of nitro groups is 1. The van der Waals surface area contributed by atoms with Gasteiger partial charge in [-0.05, 0) is 43.2 Å². The van der Waals surface area contributed by atoms with E-state index in [-0.39, 0.29) is 24.8 Å². The van der Waals surface area contributed by atoms with Gasteiger partial charge in [0.2, 0.25) is 11.3 Å². The van der Waals surface area contributed by atoms with Gasteiger partial charge < -0.3 is 14.1 Å². The standard InChI is InChI=1S/C32H30F3N5O4/c33-32(34,35)31(43-21-23-13-6-2-7-14-23)17-9-3-8-15-25-16-10-18-39(25)28-24(19-22-11-4-1-5-12-22)20-26(40(41)42)27(36-28)29-37-38-30(31)44-29/h1-8,11-14,20,25H,9-10,15-19,21H2/t25-,31?/m1/s1. The lowest BCUT2D eigenvalue weighted by Crippen LogP contribution is -2.45. The van der Waals surface area contributed by atoms with Gasteiger partial charge in [0.25, 0.3) is 11.8 Å². The zero-order chi connectivity index (χ0) is 30.7. The number of alkyl halides is 3. The summed E-state index contributed by atoms with van der Waals surface area (Å²) in [6, 6.07) is 19.4. The molecule has 12 heteroatoms. The van der Waals surface area contributed by atoms with Crippen molar-refractivity contribution >= 4 is 11.5 Å². The number of aromatic nitrogens is 3. The second-order valence-corrected chi connectivity index (χ2v) is 11.0. The molecule has 0 radical (unpaired) electrons. The summed E-state index contributed by atoms with van der Waals surface area (Å²) in [7, 11) is 0. The third kappa shape index (κ3) is 5.81. The molecule has 1 unspecified atom stereocenters. The predicted molar refractivity (Wildman–Crippen MR) is 156 cm³/mol. The van der Waals surface area contributed by atoms with E-state index in [9.17, 15) is 23.3 Å². The Balaban J connectivity index is 1.51. The van der Waals surface area contributed by atoms with Crippen LogP contribution < -0.4 is 4.90 Å². The van der Waals surface area contributed by atoms with E-state index in [0.29, 0.717) is 36.3 Å². The van der Waals surface area contributed by atoms with Crippen LogP contribution in [0.25, 0.3) is 11.6 Å². The predicted octanol–water partition coefficient (Wildman–Crippen LogP) is 7.31. The van der Waals surface area contributed by atoms with Gasteiger partial charge in [-0.1, -0.05) is 72.8 Å². The van der Waals surface area contributed by atoms with Crippen LogP contribution in [0.3, 0.4) is 0 Å². The molecule has 9 nitrogen and oxygen atoms in total. The zero-order valence-corrected chi connectivity index (χ0v) is 23.7. The second-order valence-electron chi connectivity index (χ2n) is 11.0. The molecule has 228 valence electrons. The number of rotatable bonds is 6. The number of nitrogens with zero attached hydrogens (tertiary/aromatic N) is 5. The molecule has 4 aromatic rings. The Morgan fingerprint density at radius 2 is 1.77 bits per heavy atom. The lowest BCUT2D eigenvalue weighted by molar-refractivity contribution is -0.384. The summed E-state index contributed by atoms with van der Waals surface area (Å²) in [6.45, 7) is 0.319. The van der Waals surface area contributed by atoms with Crippen LogP contribution in [0.5, 0.6) is 0 Å². The quantitative estimate of drug-likeness (QED) is 0.128.